The lowest BCUT2D eigenvalue weighted by atomic mass is 9.76. The van der Waals surface area contributed by atoms with Crippen LogP contribution < -0.4 is 20.5 Å². The van der Waals surface area contributed by atoms with Gasteiger partial charge in [-0.25, -0.2) is 9.59 Å². The Bertz CT molecular complexity index is 1420. The number of nitrogens with one attached hydrogen (secondary N) is 1. The average molecular weight is 699 g/mol. The van der Waals surface area contributed by atoms with E-state index in [0.29, 0.717) is 37.6 Å². The largest absolute Gasteiger partial charge is 0.493 e. The first-order valence-electron chi connectivity index (χ1n) is 17.1. The number of carbonyl (C=O) groups is 3. The summed E-state index contributed by atoms with van der Waals surface area (Å²) in [5.74, 6) is -2.07. The van der Waals surface area contributed by atoms with E-state index in [9.17, 15) is 19.5 Å². The minimum atomic E-state index is -2.15. The number of esters is 2. The maximum absolute atomic E-state index is 14.4. The Kier molecular flexibility index (Phi) is 15.7. The van der Waals surface area contributed by atoms with Gasteiger partial charge < -0.3 is 44.6 Å². The van der Waals surface area contributed by atoms with Gasteiger partial charge in [0, 0.05) is 51.4 Å². The fraction of sp³-hybridized carbons (Fsp3) is 0.553. The van der Waals surface area contributed by atoms with Crippen LogP contribution in [0.25, 0.3) is 0 Å². The Hall–Kier alpha value is -3.97. The lowest BCUT2D eigenvalue weighted by Gasteiger charge is -2.44. The van der Waals surface area contributed by atoms with E-state index in [-0.39, 0.29) is 18.4 Å². The molecule has 0 saturated carbocycles. The molecule has 2 aromatic carbocycles. The van der Waals surface area contributed by atoms with Gasteiger partial charge in [0.1, 0.15) is 6.10 Å². The summed E-state index contributed by atoms with van der Waals surface area (Å²) in [6.07, 6.45) is 0.168. The van der Waals surface area contributed by atoms with E-state index in [4.69, 9.17) is 34.2 Å². The second-order valence-corrected chi connectivity index (χ2v) is 13.2. The van der Waals surface area contributed by atoms with Crippen molar-refractivity contribution in [2.45, 2.75) is 76.9 Å². The van der Waals surface area contributed by atoms with Crippen molar-refractivity contribution >= 4 is 17.8 Å². The maximum atomic E-state index is 14.4. The summed E-state index contributed by atoms with van der Waals surface area (Å²) in [6, 6.07) is 13.3. The van der Waals surface area contributed by atoms with Crippen molar-refractivity contribution in [3.8, 4) is 11.5 Å². The van der Waals surface area contributed by atoms with E-state index >= 15 is 0 Å². The number of aliphatic hydroxyl groups excluding tert-OH is 1. The number of rotatable bonds is 19. The third-order valence-electron chi connectivity index (χ3n) is 9.09. The molecule has 4 N–H and O–H groups in total. The molecule has 12 heteroatoms. The molecule has 0 spiro atoms. The number of ether oxygens (including phenoxy) is 6. The number of amides is 1. The summed E-state index contributed by atoms with van der Waals surface area (Å²) in [4.78, 5) is 40.3. The fourth-order valence-electron chi connectivity index (χ4n) is 6.15. The lowest BCUT2D eigenvalue weighted by molar-refractivity contribution is -0.210. The maximum Gasteiger partial charge on any atom is 0.332 e. The van der Waals surface area contributed by atoms with Crippen LogP contribution in [0.5, 0.6) is 11.5 Å². The molecular formula is C38H54N2O10. The van der Waals surface area contributed by atoms with Gasteiger partial charge >= 0.3 is 11.9 Å². The molecule has 1 amide bonds. The first kappa shape index (κ1) is 40.5. The van der Waals surface area contributed by atoms with Gasteiger partial charge in [-0.3, -0.25) is 4.79 Å². The van der Waals surface area contributed by atoms with Crippen molar-refractivity contribution in [3.05, 3.63) is 71.8 Å². The number of hydrogen-bond donors (Lipinski definition) is 3. The zero-order valence-electron chi connectivity index (χ0n) is 30.3. The second-order valence-electron chi connectivity index (χ2n) is 13.2. The monoisotopic (exact) mass is 698 g/mol. The van der Waals surface area contributed by atoms with Gasteiger partial charge in [0.15, 0.2) is 17.6 Å². The summed E-state index contributed by atoms with van der Waals surface area (Å²) in [6.45, 7) is 8.56. The molecule has 50 heavy (non-hydrogen) atoms. The van der Waals surface area contributed by atoms with Crippen LogP contribution in [0, 0.1) is 17.8 Å². The molecule has 12 nitrogen and oxygen atoms in total. The number of methoxy groups -OCH3 is 3. The summed E-state index contributed by atoms with van der Waals surface area (Å²) < 4.78 is 33.6. The molecule has 276 valence electrons. The highest BCUT2D eigenvalue weighted by molar-refractivity contribution is 5.96. The second kappa shape index (κ2) is 19.4. The van der Waals surface area contributed by atoms with E-state index < -0.39 is 53.7 Å². The molecule has 3 rings (SSSR count). The van der Waals surface area contributed by atoms with Gasteiger partial charge in [-0.15, -0.1) is 0 Å². The van der Waals surface area contributed by atoms with Crippen LogP contribution in [0.3, 0.4) is 0 Å². The summed E-state index contributed by atoms with van der Waals surface area (Å²) in [5.41, 5.74) is 6.31. The topological polar surface area (TPSA) is 165 Å². The van der Waals surface area contributed by atoms with Gasteiger partial charge in [0.25, 0.3) is 5.91 Å². The third kappa shape index (κ3) is 10.5. The molecule has 2 aromatic rings. The average Bonchev–Trinajstić information content (AvgIpc) is 3.09. The highest BCUT2D eigenvalue weighted by Gasteiger charge is 2.58. The van der Waals surface area contributed by atoms with Crippen molar-refractivity contribution in [3.63, 3.8) is 0 Å². The van der Waals surface area contributed by atoms with Crippen LogP contribution in [0.15, 0.2) is 60.7 Å². The standard InChI is InChI=1S/C38H54N2O10/c1-24(2)28(20-26-14-15-31(47-7)32(21-26)48-19-11-18-45-5)22-29(39)35(43)36-38(25(3)4,50-34(42)17-16-33(41)49-36)37(44)40-30(23-46-6)27-12-9-8-10-13-27/h8-10,12-17,21,24-25,28-30,35-36,43H,11,18-20,22-23,39H2,1-7H3,(H,40,44)/b17-16+/t28-,29-,30+,35-,36?,38-/m0/s1. The quantitative estimate of drug-likeness (QED) is 0.144. The first-order valence-corrected chi connectivity index (χ1v) is 17.1. The van der Waals surface area contributed by atoms with Crippen LogP contribution in [-0.4, -0.2) is 88.0 Å². The number of cyclic esters (lactones) is 2. The van der Waals surface area contributed by atoms with Crippen LogP contribution in [0.4, 0.5) is 0 Å². The third-order valence-corrected chi connectivity index (χ3v) is 9.09. The Morgan fingerprint density at radius 2 is 1.66 bits per heavy atom. The minimum Gasteiger partial charge on any atom is -0.493 e. The summed E-state index contributed by atoms with van der Waals surface area (Å²) >= 11 is 0. The highest BCUT2D eigenvalue weighted by atomic mass is 16.6. The summed E-state index contributed by atoms with van der Waals surface area (Å²) in [7, 11) is 4.73. The molecule has 0 radical (unpaired) electrons. The Morgan fingerprint density at radius 3 is 2.28 bits per heavy atom. The Labute approximate surface area is 295 Å². The molecule has 1 heterocycles. The normalized spacial score (nSPS) is 20.9. The van der Waals surface area contributed by atoms with E-state index in [0.717, 1.165) is 29.7 Å². The Morgan fingerprint density at radius 1 is 0.960 bits per heavy atom. The highest BCUT2D eigenvalue weighted by Crippen LogP contribution is 2.36. The van der Waals surface area contributed by atoms with E-state index in [1.54, 1.807) is 28.1 Å². The van der Waals surface area contributed by atoms with Gasteiger partial charge in [0.05, 0.1) is 26.4 Å². The number of hydrogen-bond acceptors (Lipinski definition) is 11. The minimum absolute atomic E-state index is 0.0486. The number of benzene rings is 2. The molecule has 1 unspecified atom stereocenters. The van der Waals surface area contributed by atoms with E-state index in [2.05, 4.69) is 19.2 Å². The van der Waals surface area contributed by atoms with Gasteiger partial charge in [-0.05, 0) is 47.9 Å². The van der Waals surface area contributed by atoms with Crippen LogP contribution in [-0.2, 0) is 39.8 Å². The number of carbonyl (C=O) groups excluding carboxylic acids is 3. The number of aliphatic hydroxyl groups is 1. The molecule has 0 fully saturated rings. The summed E-state index contributed by atoms with van der Waals surface area (Å²) in [5, 5.41) is 14.9. The zero-order valence-corrected chi connectivity index (χ0v) is 30.3. The predicted octanol–water partition coefficient (Wildman–Crippen LogP) is 3.93. The zero-order chi connectivity index (χ0) is 36.8. The molecule has 0 aromatic heterocycles. The molecule has 1 aliphatic rings. The molecular weight excluding hydrogens is 644 g/mol. The fourth-order valence-corrected chi connectivity index (χ4v) is 6.15. The van der Waals surface area contributed by atoms with Crippen molar-refractivity contribution in [2.24, 2.45) is 23.5 Å². The molecule has 1 aliphatic heterocycles. The molecule has 0 aliphatic carbocycles. The van der Waals surface area contributed by atoms with Crippen LogP contribution >= 0.6 is 0 Å². The van der Waals surface area contributed by atoms with Crippen LogP contribution in [0.1, 0.15) is 57.7 Å². The Balaban J connectivity index is 1.94. The van der Waals surface area contributed by atoms with Gasteiger partial charge in [0.2, 0.25) is 5.60 Å². The van der Waals surface area contributed by atoms with E-state index in [1.807, 2.05) is 48.5 Å². The van der Waals surface area contributed by atoms with Crippen molar-refractivity contribution < 1.29 is 47.9 Å². The van der Waals surface area contributed by atoms with Crippen LogP contribution in [0.2, 0.25) is 0 Å². The van der Waals surface area contributed by atoms with E-state index in [1.165, 1.54) is 7.11 Å². The predicted molar refractivity (Wildman–Crippen MR) is 187 cm³/mol. The van der Waals surface area contributed by atoms with Crippen molar-refractivity contribution in [2.75, 3.05) is 41.2 Å². The van der Waals surface area contributed by atoms with Gasteiger partial charge in [-0.1, -0.05) is 64.1 Å². The van der Waals surface area contributed by atoms with Gasteiger partial charge in [-0.2, -0.15) is 0 Å². The van der Waals surface area contributed by atoms with Crippen molar-refractivity contribution in [1.82, 2.24) is 5.32 Å². The number of nitrogens with two attached hydrogens (primary N) is 1. The smallest absolute Gasteiger partial charge is 0.332 e. The molecule has 0 saturated heterocycles. The van der Waals surface area contributed by atoms with Crippen molar-refractivity contribution in [1.29, 1.82) is 0 Å². The molecule has 0 bridgehead atoms. The SMILES string of the molecule is COCCCOc1cc(C[C@@H](C[C@H](N)[C@H](O)C2OC(=O)/C=C/C(=O)O[C@@]2(C(=O)N[C@H](COC)c2ccccc2)C(C)C)C(C)C)ccc1OC. The molecule has 6 atom stereocenters. The first-order chi connectivity index (χ1) is 23.9. The lowest BCUT2D eigenvalue weighted by Crippen LogP contribution is -2.68.